The van der Waals surface area contributed by atoms with Gasteiger partial charge in [0.05, 0.1) is 7.11 Å². The lowest BCUT2D eigenvalue weighted by Crippen LogP contribution is -2.38. The monoisotopic (exact) mass is 505 g/mol. The summed E-state index contributed by atoms with van der Waals surface area (Å²) in [5.41, 5.74) is 6.23. The summed E-state index contributed by atoms with van der Waals surface area (Å²) in [6.07, 6.45) is 2.24. The Morgan fingerprint density at radius 3 is 2.18 bits per heavy atom. The summed E-state index contributed by atoms with van der Waals surface area (Å²) in [6, 6.07) is 34.6. The highest BCUT2D eigenvalue weighted by Gasteiger charge is 2.20. The third kappa shape index (κ3) is 6.81. The summed E-state index contributed by atoms with van der Waals surface area (Å²) in [7, 11) is 1.68. The van der Waals surface area contributed by atoms with Crippen LogP contribution in [0.5, 0.6) is 5.75 Å². The van der Waals surface area contributed by atoms with E-state index in [1.165, 1.54) is 5.56 Å². The van der Waals surface area contributed by atoms with Gasteiger partial charge < -0.3 is 15.4 Å². The summed E-state index contributed by atoms with van der Waals surface area (Å²) in [6.45, 7) is 3.90. The summed E-state index contributed by atoms with van der Waals surface area (Å²) in [4.78, 5) is 15.2. The van der Waals surface area contributed by atoms with Gasteiger partial charge in [-0.15, -0.1) is 0 Å². The standard InChI is InChI=1S/C33H35N3O2/c1-38-32-9-5-8-29(22-32)27-10-14-30(15-11-27)35-31-16-12-28(13-17-31)33(37)34-23-25-18-20-36(21-19-25)24-26-6-3-2-4-7-26/h2-17,22,25,35H,18-21,23-24H2,1H3,(H,34,37). The van der Waals surface area contributed by atoms with Crippen molar-refractivity contribution in [3.05, 3.63) is 114 Å². The van der Waals surface area contributed by atoms with Gasteiger partial charge in [-0.3, -0.25) is 9.69 Å². The lowest BCUT2D eigenvalue weighted by atomic mass is 9.96. The molecule has 0 aliphatic carbocycles. The van der Waals surface area contributed by atoms with E-state index < -0.39 is 0 Å². The van der Waals surface area contributed by atoms with Gasteiger partial charge in [0.2, 0.25) is 0 Å². The predicted octanol–water partition coefficient (Wildman–Crippen LogP) is 6.75. The molecular formula is C33H35N3O2. The third-order valence-electron chi connectivity index (χ3n) is 7.23. The number of nitrogens with zero attached hydrogens (tertiary/aromatic N) is 1. The molecule has 2 N–H and O–H groups in total. The molecule has 5 rings (SSSR count). The smallest absolute Gasteiger partial charge is 0.251 e. The molecule has 1 aliphatic rings. The zero-order chi connectivity index (χ0) is 26.2. The molecular weight excluding hydrogens is 470 g/mol. The van der Waals surface area contributed by atoms with E-state index in [1.54, 1.807) is 7.11 Å². The van der Waals surface area contributed by atoms with E-state index in [9.17, 15) is 4.79 Å². The number of nitrogens with one attached hydrogen (secondary N) is 2. The Morgan fingerprint density at radius 1 is 0.816 bits per heavy atom. The fraction of sp³-hybridized carbons (Fsp3) is 0.242. The molecule has 0 radical (unpaired) electrons. The number of rotatable bonds is 9. The van der Waals surface area contributed by atoms with Crippen LogP contribution in [0.2, 0.25) is 0 Å². The maximum absolute atomic E-state index is 12.7. The molecule has 1 amide bonds. The van der Waals surface area contributed by atoms with E-state index in [0.717, 1.165) is 67.3 Å². The van der Waals surface area contributed by atoms with E-state index in [0.29, 0.717) is 11.5 Å². The van der Waals surface area contributed by atoms with Crippen molar-refractivity contribution in [2.24, 2.45) is 5.92 Å². The van der Waals surface area contributed by atoms with Crippen LogP contribution in [0.3, 0.4) is 0 Å². The van der Waals surface area contributed by atoms with Crippen LogP contribution in [0.1, 0.15) is 28.8 Å². The van der Waals surface area contributed by atoms with Crippen molar-refractivity contribution in [3.8, 4) is 16.9 Å². The van der Waals surface area contributed by atoms with Gasteiger partial charge in [-0.25, -0.2) is 0 Å². The van der Waals surface area contributed by atoms with E-state index in [2.05, 4.69) is 76.2 Å². The van der Waals surface area contributed by atoms with Gasteiger partial charge in [0.15, 0.2) is 0 Å². The minimum Gasteiger partial charge on any atom is -0.497 e. The van der Waals surface area contributed by atoms with E-state index in [-0.39, 0.29) is 5.91 Å². The van der Waals surface area contributed by atoms with Crippen molar-refractivity contribution in [1.29, 1.82) is 0 Å². The molecule has 0 unspecified atom stereocenters. The van der Waals surface area contributed by atoms with Gasteiger partial charge in [-0.05, 0) is 97.1 Å². The third-order valence-corrected chi connectivity index (χ3v) is 7.23. The van der Waals surface area contributed by atoms with Crippen LogP contribution in [-0.2, 0) is 6.54 Å². The molecule has 5 nitrogen and oxygen atoms in total. The van der Waals surface area contributed by atoms with Crippen LogP contribution in [0.4, 0.5) is 11.4 Å². The van der Waals surface area contributed by atoms with Crippen LogP contribution in [0.15, 0.2) is 103 Å². The van der Waals surface area contributed by atoms with Crippen LogP contribution in [0.25, 0.3) is 11.1 Å². The van der Waals surface area contributed by atoms with Crippen LogP contribution < -0.4 is 15.4 Å². The first-order chi connectivity index (χ1) is 18.7. The van der Waals surface area contributed by atoms with Gasteiger partial charge in [0.1, 0.15) is 5.75 Å². The molecule has 1 fully saturated rings. The molecule has 0 atom stereocenters. The number of likely N-dealkylation sites (tertiary alicyclic amines) is 1. The first kappa shape index (κ1) is 25.6. The summed E-state index contributed by atoms with van der Waals surface area (Å²) < 4.78 is 5.33. The molecule has 0 bridgehead atoms. The van der Waals surface area contributed by atoms with Crippen LogP contribution >= 0.6 is 0 Å². The Kier molecular flexibility index (Phi) is 8.36. The molecule has 0 aromatic heterocycles. The molecule has 38 heavy (non-hydrogen) atoms. The molecule has 194 valence electrons. The van der Waals surface area contributed by atoms with Gasteiger partial charge >= 0.3 is 0 Å². The van der Waals surface area contributed by atoms with Crippen molar-refractivity contribution in [2.45, 2.75) is 19.4 Å². The Labute approximate surface area is 225 Å². The minimum absolute atomic E-state index is 0.00842. The Morgan fingerprint density at radius 2 is 1.50 bits per heavy atom. The second-order valence-electron chi connectivity index (χ2n) is 9.93. The van der Waals surface area contributed by atoms with Gasteiger partial charge in [-0.2, -0.15) is 0 Å². The van der Waals surface area contributed by atoms with Gasteiger partial charge in [0, 0.05) is 30.0 Å². The lowest BCUT2D eigenvalue weighted by molar-refractivity contribution is 0.0935. The van der Waals surface area contributed by atoms with Gasteiger partial charge in [0.25, 0.3) is 5.91 Å². The number of methoxy groups -OCH3 is 1. The molecule has 1 saturated heterocycles. The largest absolute Gasteiger partial charge is 0.497 e. The number of anilines is 2. The highest BCUT2D eigenvalue weighted by Crippen LogP contribution is 2.26. The zero-order valence-corrected chi connectivity index (χ0v) is 21.9. The number of carbonyl (C=O) groups is 1. The molecule has 0 spiro atoms. The second-order valence-corrected chi connectivity index (χ2v) is 9.93. The maximum atomic E-state index is 12.7. The highest BCUT2D eigenvalue weighted by atomic mass is 16.5. The normalized spacial score (nSPS) is 14.1. The van der Waals surface area contributed by atoms with Crippen molar-refractivity contribution in [3.63, 3.8) is 0 Å². The van der Waals surface area contributed by atoms with E-state index in [1.807, 2.05) is 42.5 Å². The second kappa shape index (κ2) is 12.4. The molecule has 0 saturated carbocycles. The number of amides is 1. The Hall–Kier alpha value is -4.09. The average Bonchev–Trinajstić information content (AvgIpc) is 2.98. The SMILES string of the molecule is COc1cccc(-c2ccc(Nc3ccc(C(=O)NCC4CCN(Cc5ccccc5)CC4)cc3)cc2)c1. The topological polar surface area (TPSA) is 53.6 Å². The fourth-order valence-corrected chi connectivity index (χ4v) is 4.95. The lowest BCUT2D eigenvalue weighted by Gasteiger charge is -2.32. The van der Waals surface area contributed by atoms with Crippen molar-refractivity contribution in [2.75, 3.05) is 32.1 Å². The number of ether oxygens (including phenoxy) is 1. The molecule has 5 heteroatoms. The quantitative estimate of drug-likeness (QED) is 0.264. The minimum atomic E-state index is -0.00842. The maximum Gasteiger partial charge on any atom is 0.251 e. The molecule has 1 heterocycles. The van der Waals surface area contributed by atoms with Crippen LogP contribution in [-0.4, -0.2) is 37.6 Å². The highest BCUT2D eigenvalue weighted by molar-refractivity contribution is 5.94. The molecule has 1 aliphatic heterocycles. The number of carbonyl (C=O) groups excluding carboxylic acids is 1. The Bertz CT molecular complexity index is 1310. The summed E-state index contributed by atoms with van der Waals surface area (Å²) in [5, 5.41) is 6.56. The van der Waals surface area contributed by atoms with Crippen molar-refractivity contribution in [1.82, 2.24) is 10.2 Å². The molecule has 4 aromatic rings. The van der Waals surface area contributed by atoms with Crippen molar-refractivity contribution < 1.29 is 9.53 Å². The number of benzene rings is 4. The summed E-state index contributed by atoms with van der Waals surface area (Å²) in [5.74, 6) is 1.37. The summed E-state index contributed by atoms with van der Waals surface area (Å²) >= 11 is 0. The number of piperidine rings is 1. The first-order valence-corrected chi connectivity index (χ1v) is 13.3. The first-order valence-electron chi connectivity index (χ1n) is 13.3. The van der Waals surface area contributed by atoms with Crippen LogP contribution in [0, 0.1) is 5.92 Å². The number of hydrogen-bond acceptors (Lipinski definition) is 4. The molecule has 4 aromatic carbocycles. The van der Waals surface area contributed by atoms with Crippen molar-refractivity contribution >= 4 is 17.3 Å². The van der Waals surface area contributed by atoms with E-state index >= 15 is 0 Å². The number of hydrogen-bond donors (Lipinski definition) is 2. The van der Waals surface area contributed by atoms with Gasteiger partial charge in [-0.1, -0.05) is 54.6 Å². The van der Waals surface area contributed by atoms with E-state index in [4.69, 9.17) is 4.74 Å². The Balaban J connectivity index is 1.07. The zero-order valence-electron chi connectivity index (χ0n) is 21.9. The average molecular weight is 506 g/mol. The predicted molar refractivity (Wildman–Crippen MR) is 155 cm³/mol. The fourth-order valence-electron chi connectivity index (χ4n) is 4.95.